The van der Waals surface area contributed by atoms with E-state index < -0.39 is 10.9 Å². The standard InChI is InChI=1S/C12H11N3O4/c1-7-3-4-9(15(18)19)5-11(7)14-8(2)10(6-13-14)12(16)17/h3-6H,1-2H3,(H,16,17). The number of carbonyl (C=O) groups is 1. The number of nitro groups is 1. The van der Waals surface area contributed by atoms with Crippen molar-refractivity contribution in [2.24, 2.45) is 0 Å². The normalized spacial score (nSPS) is 10.4. The lowest BCUT2D eigenvalue weighted by atomic mass is 10.1. The molecule has 0 unspecified atom stereocenters. The van der Waals surface area contributed by atoms with E-state index in [0.717, 1.165) is 5.56 Å². The molecular formula is C12H11N3O4. The van der Waals surface area contributed by atoms with E-state index in [9.17, 15) is 14.9 Å². The zero-order valence-corrected chi connectivity index (χ0v) is 10.3. The van der Waals surface area contributed by atoms with Crippen molar-refractivity contribution in [2.45, 2.75) is 13.8 Å². The van der Waals surface area contributed by atoms with Crippen LogP contribution in [0.2, 0.25) is 0 Å². The van der Waals surface area contributed by atoms with E-state index in [4.69, 9.17) is 5.11 Å². The number of hydrogen-bond donors (Lipinski definition) is 1. The van der Waals surface area contributed by atoms with Crippen molar-refractivity contribution in [1.82, 2.24) is 9.78 Å². The summed E-state index contributed by atoms with van der Waals surface area (Å²) in [5.74, 6) is -1.08. The summed E-state index contributed by atoms with van der Waals surface area (Å²) < 4.78 is 1.39. The van der Waals surface area contributed by atoms with Crippen LogP contribution in [0.5, 0.6) is 0 Å². The first-order valence-corrected chi connectivity index (χ1v) is 5.45. The number of benzene rings is 1. The molecule has 0 aliphatic rings. The second-order valence-electron chi connectivity index (χ2n) is 4.09. The molecule has 2 rings (SSSR count). The third-order valence-corrected chi connectivity index (χ3v) is 2.87. The van der Waals surface area contributed by atoms with E-state index >= 15 is 0 Å². The summed E-state index contributed by atoms with van der Waals surface area (Å²) in [7, 11) is 0. The van der Waals surface area contributed by atoms with Gasteiger partial charge in [0, 0.05) is 12.1 Å². The summed E-state index contributed by atoms with van der Waals surface area (Å²) in [4.78, 5) is 21.2. The topological polar surface area (TPSA) is 98.3 Å². The van der Waals surface area contributed by atoms with Crippen LogP contribution in [0.25, 0.3) is 5.69 Å². The van der Waals surface area contributed by atoms with Gasteiger partial charge in [-0.15, -0.1) is 0 Å². The number of rotatable bonds is 3. The van der Waals surface area contributed by atoms with Crippen molar-refractivity contribution in [1.29, 1.82) is 0 Å². The number of non-ortho nitro benzene ring substituents is 1. The monoisotopic (exact) mass is 261 g/mol. The first-order valence-electron chi connectivity index (χ1n) is 5.45. The lowest BCUT2D eigenvalue weighted by Gasteiger charge is -2.08. The average Bonchev–Trinajstić information content (AvgIpc) is 2.71. The van der Waals surface area contributed by atoms with E-state index in [-0.39, 0.29) is 11.3 Å². The Morgan fingerprint density at radius 1 is 1.42 bits per heavy atom. The molecule has 0 saturated carbocycles. The van der Waals surface area contributed by atoms with Crippen molar-refractivity contribution in [3.05, 3.63) is 51.3 Å². The number of carboxylic acid groups (broad SMARTS) is 1. The molecule has 1 N–H and O–H groups in total. The number of aromatic nitrogens is 2. The third-order valence-electron chi connectivity index (χ3n) is 2.87. The summed E-state index contributed by atoms with van der Waals surface area (Å²) >= 11 is 0. The first-order chi connectivity index (χ1) is 8.91. The quantitative estimate of drug-likeness (QED) is 0.673. The highest BCUT2D eigenvalue weighted by atomic mass is 16.6. The van der Waals surface area contributed by atoms with Gasteiger partial charge >= 0.3 is 5.97 Å². The number of nitro benzene ring substituents is 1. The van der Waals surface area contributed by atoms with Crippen LogP contribution in [-0.4, -0.2) is 25.8 Å². The van der Waals surface area contributed by atoms with Crippen LogP contribution in [0.4, 0.5) is 5.69 Å². The number of hydrogen-bond acceptors (Lipinski definition) is 4. The molecule has 0 spiro atoms. The van der Waals surface area contributed by atoms with Crippen molar-refractivity contribution >= 4 is 11.7 Å². The maximum absolute atomic E-state index is 11.0. The predicted molar refractivity (Wildman–Crippen MR) is 66.7 cm³/mol. The molecule has 7 nitrogen and oxygen atoms in total. The average molecular weight is 261 g/mol. The van der Waals surface area contributed by atoms with Crippen LogP contribution in [-0.2, 0) is 0 Å². The molecule has 1 heterocycles. The Kier molecular flexibility index (Phi) is 3.04. The lowest BCUT2D eigenvalue weighted by Crippen LogP contribution is -2.04. The van der Waals surface area contributed by atoms with Crippen LogP contribution >= 0.6 is 0 Å². The van der Waals surface area contributed by atoms with Gasteiger partial charge in [0.25, 0.3) is 5.69 Å². The lowest BCUT2D eigenvalue weighted by molar-refractivity contribution is -0.384. The van der Waals surface area contributed by atoms with Gasteiger partial charge in [0.1, 0.15) is 5.56 Å². The Bertz CT molecular complexity index is 676. The smallest absolute Gasteiger partial charge is 0.339 e. The van der Waals surface area contributed by atoms with Crippen molar-refractivity contribution in [3.63, 3.8) is 0 Å². The highest BCUT2D eigenvalue weighted by Crippen LogP contribution is 2.22. The minimum Gasteiger partial charge on any atom is -0.478 e. The van der Waals surface area contributed by atoms with E-state index in [1.807, 2.05) is 0 Å². The maximum atomic E-state index is 11.0. The van der Waals surface area contributed by atoms with Gasteiger partial charge in [-0.05, 0) is 19.4 Å². The zero-order valence-electron chi connectivity index (χ0n) is 10.3. The van der Waals surface area contributed by atoms with E-state index in [1.165, 1.54) is 23.0 Å². The van der Waals surface area contributed by atoms with Gasteiger partial charge in [0.15, 0.2) is 0 Å². The molecule has 98 valence electrons. The molecule has 1 aromatic heterocycles. The second-order valence-corrected chi connectivity index (χ2v) is 4.09. The van der Waals surface area contributed by atoms with Gasteiger partial charge in [-0.2, -0.15) is 5.10 Å². The van der Waals surface area contributed by atoms with E-state index in [1.54, 1.807) is 19.9 Å². The van der Waals surface area contributed by atoms with Crippen LogP contribution in [0, 0.1) is 24.0 Å². The van der Waals surface area contributed by atoms with Crippen LogP contribution in [0.1, 0.15) is 21.6 Å². The molecule has 0 saturated heterocycles. The second kappa shape index (κ2) is 4.52. The third kappa shape index (κ3) is 2.17. The van der Waals surface area contributed by atoms with Crippen molar-refractivity contribution in [2.75, 3.05) is 0 Å². The van der Waals surface area contributed by atoms with Crippen LogP contribution in [0.15, 0.2) is 24.4 Å². The Hall–Kier alpha value is -2.70. The van der Waals surface area contributed by atoms with Crippen LogP contribution < -0.4 is 0 Å². The first kappa shape index (κ1) is 12.7. The van der Waals surface area contributed by atoms with E-state index in [0.29, 0.717) is 11.4 Å². The molecule has 7 heteroatoms. The molecule has 19 heavy (non-hydrogen) atoms. The molecule has 0 amide bonds. The fourth-order valence-electron chi connectivity index (χ4n) is 1.80. The van der Waals surface area contributed by atoms with Crippen molar-refractivity contribution < 1.29 is 14.8 Å². The Morgan fingerprint density at radius 2 is 2.11 bits per heavy atom. The highest BCUT2D eigenvalue weighted by molar-refractivity contribution is 5.88. The molecule has 0 radical (unpaired) electrons. The summed E-state index contributed by atoms with van der Waals surface area (Å²) in [6.45, 7) is 3.38. The summed E-state index contributed by atoms with van der Waals surface area (Å²) in [5, 5.41) is 23.7. The molecule has 0 aliphatic carbocycles. The van der Waals surface area contributed by atoms with E-state index in [2.05, 4.69) is 5.10 Å². The Labute approximate surface area is 108 Å². The minimum absolute atomic E-state index is 0.0626. The molecule has 0 bridgehead atoms. The maximum Gasteiger partial charge on any atom is 0.339 e. The predicted octanol–water partition coefficient (Wildman–Crippen LogP) is 2.10. The van der Waals surface area contributed by atoms with Gasteiger partial charge < -0.3 is 5.11 Å². The van der Waals surface area contributed by atoms with Crippen molar-refractivity contribution in [3.8, 4) is 5.69 Å². The largest absolute Gasteiger partial charge is 0.478 e. The molecule has 0 atom stereocenters. The van der Waals surface area contributed by atoms with Gasteiger partial charge in [-0.25, -0.2) is 9.48 Å². The van der Waals surface area contributed by atoms with Gasteiger partial charge in [-0.1, -0.05) is 6.07 Å². The fraction of sp³-hybridized carbons (Fsp3) is 0.167. The highest BCUT2D eigenvalue weighted by Gasteiger charge is 2.17. The number of carboxylic acids is 1. The van der Waals surface area contributed by atoms with Gasteiger partial charge in [0.05, 0.1) is 22.5 Å². The Balaban J connectivity index is 2.61. The number of aromatic carboxylic acids is 1. The number of aryl methyl sites for hydroxylation is 1. The summed E-state index contributed by atoms with van der Waals surface area (Å²) in [6, 6.07) is 4.38. The molecule has 0 aliphatic heterocycles. The van der Waals surface area contributed by atoms with Gasteiger partial charge in [0.2, 0.25) is 0 Å². The SMILES string of the molecule is Cc1ccc([N+](=O)[O-])cc1-n1ncc(C(=O)O)c1C. The minimum atomic E-state index is -1.08. The number of nitrogens with zero attached hydrogens (tertiary/aromatic N) is 3. The van der Waals surface area contributed by atoms with Crippen LogP contribution in [0.3, 0.4) is 0 Å². The Morgan fingerprint density at radius 3 is 2.63 bits per heavy atom. The summed E-state index contributed by atoms with van der Waals surface area (Å²) in [6.07, 6.45) is 1.23. The summed E-state index contributed by atoms with van der Waals surface area (Å²) in [5.41, 5.74) is 1.71. The molecule has 1 aromatic carbocycles. The zero-order chi connectivity index (χ0) is 14.2. The fourth-order valence-corrected chi connectivity index (χ4v) is 1.80. The molecular weight excluding hydrogens is 250 g/mol. The van der Waals surface area contributed by atoms with Gasteiger partial charge in [-0.3, -0.25) is 10.1 Å². The molecule has 0 fully saturated rings. The molecule has 2 aromatic rings.